The van der Waals surface area contributed by atoms with Crippen molar-refractivity contribution in [1.29, 1.82) is 0 Å². The maximum Gasteiger partial charge on any atom is 0.153 e. The second-order valence-electron chi connectivity index (χ2n) is 7.26. The van der Waals surface area contributed by atoms with Crippen LogP contribution in [0.25, 0.3) is 0 Å². The molecule has 0 bridgehead atoms. The van der Waals surface area contributed by atoms with Crippen molar-refractivity contribution in [2.75, 3.05) is 19.6 Å². The highest BCUT2D eigenvalue weighted by Gasteiger charge is 2.38. The van der Waals surface area contributed by atoms with Gasteiger partial charge in [-0.2, -0.15) is 0 Å². The molecule has 2 N–H and O–H groups in total. The molecular formula is C21H30NO+. The van der Waals surface area contributed by atoms with Crippen molar-refractivity contribution in [2.45, 2.75) is 57.0 Å². The monoisotopic (exact) mass is 312 g/mol. The second-order valence-corrected chi connectivity index (χ2v) is 7.26. The van der Waals surface area contributed by atoms with Crippen LogP contribution in [0.3, 0.4) is 0 Å². The van der Waals surface area contributed by atoms with Crippen molar-refractivity contribution in [3.8, 4) is 11.8 Å². The van der Waals surface area contributed by atoms with Gasteiger partial charge in [0.25, 0.3) is 0 Å². The second kappa shape index (κ2) is 7.99. The van der Waals surface area contributed by atoms with E-state index in [0.29, 0.717) is 0 Å². The zero-order valence-corrected chi connectivity index (χ0v) is 14.2. The summed E-state index contributed by atoms with van der Waals surface area (Å²) in [4.78, 5) is 1.59. The van der Waals surface area contributed by atoms with Crippen LogP contribution in [0.1, 0.15) is 56.9 Å². The minimum Gasteiger partial charge on any atom is -0.373 e. The fraction of sp³-hybridized carbons (Fsp3) is 0.619. The zero-order valence-electron chi connectivity index (χ0n) is 14.2. The first-order valence-electron chi connectivity index (χ1n) is 9.40. The first-order chi connectivity index (χ1) is 11.3. The molecule has 0 amide bonds. The van der Waals surface area contributed by atoms with Crippen molar-refractivity contribution in [2.24, 2.45) is 5.92 Å². The predicted molar refractivity (Wildman–Crippen MR) is 94.1 cm³/mol. The summed E-state index contributed by atoms with van der Waals surface area (Å²) in [5.74, 6) is 6.96. The molecule has 2 heteroatoms. The van der Waals surface area contributed by atoms with Crippen molar-refractivity contribution < 1.29 is 10.0 Å². The van der Waals surface area contributed by atoms with Crippen molar-refractivity contribution in [3.63, 3.8) is 0 Å². The van der Waals surface area contributed by atoms with Crippen LogP contribution < -0.4 is 4.90 Å². The van der Waals surface area contributed by atoms with E-state index in [1.54, 1.807) is 4.90 Å². The molecule has 0 spiro atoms. The molecule has 1 aromatic carbocycles. The van der Waals surface area contributed by atoms with Gasteiger partial charge < -0.3 is 10.0 Å². The molecule has 0 unspecified atom stereocenters. The van der Waals surface area contributed by atoms with Gasteiger partial charge in [0.15, 0.2) is 5.60 Å². The fourth-order valence-electron chi connectivity index (χ4n) is 4.16. The van der Waals surface area contributed by atoms with Gasteiger partial charge in [-0.15, -0.1) is 0 Å². The summed E-state index contributed by atoms with van der Waals surface area (Å²) in [5, 5.41) is 11.4. The smallest absolute Gasteiger partial charge is 0.153 e. The Balaban J connectivity index is 1.75. The molecular weight excluding hydrogens is 282 g/mol. The summed E-state index contributed by atoms with van der Waals surface area (Å²) in [6.07, 6.45) is 10.0. The van der Waals surface area contributed by atoms with Crippen LogP contribution in [0, 0.1) is 17.8 Å². The SMILES string of the molecule is O[C@@](C#CC[NH+]1CCCCCC1)(c1ccccc1)C1CCCC1. The van der Waals surface area contributed by atoms with E-state index >= 15 is 0 Å². The van der Waals surface area contributed by atoms with Crippen LogP contribution >= 0.6 is 0 Å². The van der Waals surface area contributed by atoms with Gasteiger partial charge in [0, 0.05) is 5.92 Å². The molecule has 124 valence electrons. The van der Waals surface area contributed by atoms with E-state index < -0.39 is 5.60 Å². The van der Waals surface area contributed by atoms with E-state index in [1.165, 1.54) is 51.6 Å². The van der Waals surface area contributed by atoms with Gasteiger partial charge in [0.2, 0.25) is 0 Å². The van der Waals surface area contributed by atoms with Gasteiger partial charge in [0.05, 0.1) is 13.1 Å². The number of quaternary nitrogens is 1. The summed E-state index contributed by atoms with van der Waals surface area (Å²) >= 11 is 0. The van der Waals surface area contributed by atoms with Crippen LogP contribution in [-0.2, 0) is 5.60 Å². The lowest BCUT2D eigenvalue weighted by molar-refractivity contribution is -0.891. The third-order valence-electron chi connectivity index (χ3n) is 5.59. The molecule has 3 rings (SSSR count). The molecule has 1 aliphatic carbocycles. The topological polar surface area (TPSA) is 24.7 Å². The number of nitrogens with one attached hydrogen (secondary N) is 1. The average Bonchev–Trinajstić information content (AvgIpc) is 3.02. The molecule has 1 aliphatic heterocycles. The molecule has 1 saturated carbocycles. The molecule has 2 nitrogen and oxygen atoms in total. The Labute approximate surface area is 140 Å². The summed E-state index contributed by atoms with van der Waals surface area (Å²) in [6, 6.07) is 10.1. The first kappa shape index (κ1) is 16.6. The third kappa shape index (κ3) is 4.16. The average molecular weight is 312 g/mol. The minimum absolute atomic E-state index is 0.288. The van der Waals surface area contributed by atoms with Gasteiger partial charge in [-0.1, -0.05) is 49.1 Å². The van der Waals surface area contributed by atoms with Gasteiger partial charge >= 0.3 is 0 Å². The highest BCUT2D eigenvalue weighted by Crippen LogP contribution is 2.40. The third-order valence-corrected chi connectivity index (χ3v) is 5.59. The molecule has 1 saturated heterocycles. The maximum absolute atomic E-state index is 11.4. The van der Waals surface area contributed by atoms with E-state index in [2.05, 4.69) is 11.8 Å². The fourth-order valence-corrected chi connectivity index (χ4v) is 4.16. The number of likely N-dealkylation sites (tertiary alicyclic amines) is 1. The largest absolute Gasteiger partial charge is 0.373 e. The Hall–Kier alpha value is -1.30. The van der Waals surface area contributed by atoms with E-state index in [1.807, 2.05) is 30.3 Å². The van der Waals surface area contributed by atoms with Gasteiger partial charge in [-0.25, -0.2) is 0 Å². The summed E-state index contributed by atoms with van der Waals surface area (Å²) in [5.41, 5.74) is 0.0218. The minimum atomic E-state index is -0.955. The van der Waals surface area contributed by atoms with Crippen LogP contribution in [0.5, 0.6) is 0 Å². The zero-order chi connectivity index (χ0) is 16.0. The van der Waals surface area contributed by atoms with Crippen LogP contribution in [0.15, 0.2) is 30.3 Å². The van der Waals surface area contributed by atoms with E-state index in [9.17, 15) is 5.11 Å². The summed E-state index contributed by atoms with van der Waals surface area (Å²) < 4.78 is 0. The predicted octanol–water partition coefficient (Wildman–Crippen LogP) is 2.53. The lowest BCUT2D eigenvalue weighted by Gasteiger charge is -2.29. The molecule has 1 aromatic rings. The van der Waals surface area contributed by atoms with Crippen molar-refractivity contribution in [3.05, 3.63) is 35.9 Å². The lowest BCUT2D eigenvalue weighted by Crippen LogP contribution is -3.11. The Morgan fingerprint density at radius 1 is 0.957 bits per heavy atom. The first-order valence-corrected chi connectivity index (χ1v) is 9.40. The quantitative estimate of drug-likeness (QED) is 0.824. The molecule has 0 aromatic heterocycles. The van der Waals surface area contributed by atoms with Crippen molar-refractivity contribution >= 4 is 0 Å². The van der Waals surface area contributed by atoms with Gasteiger partial charge in [-0.3, -0.25) is 0 Å². The highest BCUT2D eigenvalue weighted by molar-refractivity contribution is 5.33. The number of rotatable bonds is 3. The Morgan fingerprint density at radius 3 is 2.26 bits per heavy atom. The van der Waals surface area contributed by atoms with Gasteiger partial charge in [0.1, 0.15) is 6.54 Å². The van der Waals surface area contributed by atoms with Crippen LogP contribution in [0.2, 0.25) is 0 Å². The maximum atomic E-state index is 11.4. The van der Waals surface area contributed by atoms with E-state index in [-0.39, 0.29) is 5.92 Å². The standard InChI is InChI=1S/C21H29NO/c23-21(20-13-6-7-14-20,19-11-4-3-5-12-19)15-10-18-22-16-8-1-2-9-17-22/h3-5,11-12,20,23H,1-2,6-9,13-14,16-18H2/p+1/t21-/m0/s1. The number of hydrogen-bond donors (Lipinski definition) is 2. The van der Waals surface area contributed by atoms with Crippen molar-refractivity contribution in [1.82, 2.24) is 0 Å². The molecule has 2 fully saturated rings. The van der Waals surface area contributed by atoms with Crippen LogP contribution in [-0.4, -0.2) is 24.7 Å². The van der Waals surface area contributed by atoms with E-state index in [0.717, 1.165) is 24.9 Å². The Kier molecular flexibility index (Phi) is 5.75. The summed E-state index contributed by atoms with van der Waals surface area (Å²) in [7, 11) is 0. The molecule has 1 atom stereocenters. The lowest BCUT2D eigenvalue weighted by atomic mass is 9.80. The number of benzene rings is 1. The van der Waals surface area contributed by atoms with Crippen LogP contribution in [0.4, 0.5) is 0 Å². The normalized spacial score (nSPS) is 22.8. The number of hydrogen-bond acceptors (Lipinski definition) is 1. The molecule has 1 heterocycles. The molecule has 0 radical (unpaired) electrons. The summed E-state index contributed by atoms with van der Waals surface area (Å²) in [6.45, 7) is 3.35. The highest BCUT2D eigenvalue weighted by atomic mass is 16.3. The Bertz CT molecular complexity index is 530. The Morgan fingerprint density at radius 2 is 1.61 bits per heavy atom. The molecule has 23 heavy (non-hydrogen) atoms. The van der Waals surface area contributed by atoms with E-state index in [4.69, 9.17) is 0 Å². The van der Waals surface area contributed by atoms with Gasteiger partial charge in [-0.05, 0) is 50.0 Å². The molecule has 2 aliphatic rings. The number of aliphatic hydroxyl groups is 1.